The van der Waals surface area contributed by atoms with Crippen molar-refractivity contribution in [1.29, 1.82) is 0 Å². The first kappa shape index (κ1) is 35.1. The van der Waals surface area contributed by atoms with Crippen LogP contribution in [0.5, 0.6) is 0 Å². The molecule has 2 spiro atoms. The number of aliphatic hydroxyl groups is 2. The number of methoxy groups -OCH3 is 1. The van der Waals surface area contributed by atoms with Gasteiger partial charge in [0.1, 0.15) is 36.3 Å². The van der Waals surface area contributed by atoms with Gasteiger partial charge in [0.15, 0.2) is 5.79 Å². The van der Waals surface area contributed by atoms with Crippen molar-refractivity contribution in [3.8, 4) is 0 Å². The minimum Gasteiger partial charge on any atom is -0.394 e. The normalized spacial score (nSPS) is 54.3. The summed E-state index contributed by atoms with van der Waals surface area (Å²) in [5, 5.41) is 20.1. The van der Waals surface area contributed by atoms with Gasteiger partial charge in [-0.1, -0.05) is 13.5 Å². The van der Waals surface area contributed by atoms with Crippen LogP contribution in [0.2, 0.25) is 0 Å². The first-order valence-corrected chi connectivity index (χ1v) is 20.1. The van der Waals surface area contributed by atoms with Crippen molar-refractivity contribution >= 4 is 11.5 Å². The van der Waals surface area contributed by atoms with E-state index in [2.05, 4.69) is 13.5 Å². The molecule has 13 heteroatoms. The molecule has 1 unspecified atom stereocenters. The Morgan fingerprint density at radius 1 is 0.885 bits per heavy atom. The number of nitrogens with zero attached hydrogens (tertiary/aromatic N) is 1. The van der Waals surface area contributed by atoms with Crippen LogP contribution in [0.15, 0.2) is 17.1 Å². The highest BCUT2D eigenvalue weighted by Gasteiger charge is 2.73. The second-order valence-electron chi connectivity index (χ2n) is 17.5. The molecule has 0 aromatic heterocycles. The van der Waals surface area contributed by atoms with Crippen molar-refractivity contribution in [2.45, 2.75) is 193 Å². The molecule has 0 aliphatic carbocycles. The van der Waals surface area contributed by atoms with E-state index in [-0.39, 0.29) is 80.1 Å². The average molecular weight is 730 g/mol. The maximum Gasteiger partial charge on any atom is 0.214 e. The lowest BCUT2D eigenvalue weighted by Crippen LogP contribution is -2.70. The number of fused-ring (bicyclic) bond motifs is 5. The van der Waals surface area contributed by atoms with Gasteiger partial charge in [-0.3, -0.25) is 9.79 Å². The van der Waals surface area contributed by atoms with Crippen LogP contribution in [0, 0.1) is 11.8 Å². The van der Waals surface area contributed by atoms with Gasteiger partial charge >= 0.3 is 0 Å². The highest BCUT2D eigenvalue weighted by atomic mass is 16.8. The number of hydrogen-bond acceptors (Lipinski definition) is 13. The molecule has 52 heavy (non-hydrogen) atoms. The van der Waals surface area contributed by atoms with E-state index in [1.807, 2.05) is 0 Å². The molecule has 19 atom stereocenters. The SMILES string of the molecule is C=C1C[C@@H]2CC[C@@]34C[C@H]5OC6[C@@H](O[C@H]7CC[C@@H]8CC(=O)C[C@@H]9[C@@H](OC)[C@@H](C[C@H](O)CO)O[C@H]9C[C@H]9O[C@@H](CC[C@@H]1O2)C[C@@H](C)C9=N[C@@]7(O8)[C@@H]6O3)[C@H]5O4. The summed E-state index contributed by atoms with van der Waals surface area (Å²) in [5.41, 5.74) is 0.764. The van der Waals surface area contributed by atoms with Gasteiger partial charge in [0.05, 0.1) is 67.6 Å². The number of rotatable bonds is 4. The third-order valence-electron chi connectivity index (χ3n) is 14.1. The molecule has 0 radical (unpaired) electrons. The van der Waals surface area contributed by atoms with Crippen LogP contribution in [-0.2, 0) is 47.4 Å². The van der Waals surface area contributed by atoms with Crippen molar-refractivity contribution in [1.82, 2.24) is 0 Å². The summed E-state index contributed by atoms with van der Waals surface area (Å²) in [6.07, 6.45) is 2.47. The summed E-state index contributed by atoms with van der Waals surface area (Å²) >= 11 is 0. The van der Waals surface area contributed by atoms with Gasteiger partial charge in [0, 0.05) is 57.3 Å². The molecule has 0 saturated carbocycles. The average Bonchev–Trinajstić information content (AvgIpc) is 3.78. The van der Waals surface area contributed by atoms with E-state index in [0.29, 0.717) is 32.1 Å². The Labute approximate surface area is 305 Å². The maximum absolute atomic E-state index is 14.1. The van der Waals surface area contributed by atoms with E-state index in [9.17, 15) is 15.0 Å². The Morgan fingerprint density at radius 3 is 2.58 bits per heavy atom. The fraction of sp³-hybridized carbons (Fsp3) is 0.897. The molecule has 12 rings (SSSR count). The van der Waals surface area contributed by atoms with Gasteiger partial charge in [0.25, 0.3) is 0 Å². The predicted octanol–water partition coefficient (Wildman–Crippen LogP) is 2.70. The first-order valence-electron chi connectivity index (χ1n) is 20.1. The summed E-state index contributed by atoms with van der Waals surface area (Å²) in [4.78, 5) is 19.8. The van der Waals surface area contributed by atoms with Crippen molar-refractivity contribution in [3.05, 3.63) is 12.2 Å². The van der Waals surface area contributed by atoms with Crippen LogP contribution in [0.4, 0.5) is 0 Å². The van der Waals surface area contributed by atoms with E-state index in [1.54, 1.807) is 7.11 Å². The highest BCUT2D eigenvalue weighted by molar-refractivity contribution is 5.92. The summed E-state index contributed by atoms with van der Waals surface area (Å²) < 4.78 is 61.6. The third kappa shape index (κ3) is 5.66. The molecule has 9 fully saturated rings. The van der Waals surface area contributed by atoms with E-state index < -0.39 is 66.4 Å². The molecule has 0 aromatic carbocycles. The number of hydrogen-bond donors (Lipinski definition) is 2. The zero-order chi connectivity index (χ0) is 35.5. The second-order valence-corrected chi connectivity index (χ2v) is 17.5. The van der Waals surface area contributed by atoms with Crippen LogP contribution in [0.3, 0.4) is 0 Å². The smallest absolute Gasteiger partial charge is 0.214 e. The van der Waals surface area contributed by atoms with E-state index in [1.165, 1.54) is 0 Å². The minimum absolute atomic E-state index is 0.0249. The molecule has 12 aliphatic heterocycles. The number of carbonyl (C=O) groups is 1. The lowest BCUT2D eigenvalue weighted by atomic mass is 9.79. The van der Waals surface area contributed by atoms with E-state index >= 15 is 0 Å². The van der Waals surface area contributed by atoms with E-state index in [4.69, 9.17) is 47.6 Å². The number of ether oxygens (including phenoxy) is 9. The number of aliphatic hydroxyl groups excluding tert-OH is 2. The van der Waals surface area contributed by atoms with Crippen molar-refractivity contribution in [2.24, 2.45) is 16.8 Å². The Balaban J connectivity index is 1.09. The second kappa shape index (κ2) is 13.1. The third-order valence-corrected chi connectivity index (χ3v) is 14.1. The molecule has 288 valence electrons. The summed E-state index contributed by atoms with van der Waals surface area (Å²) in [6.45, 7) is 6.27. The van der Waals surface area contributed by atoms with Gasteiger partial charge in [-0.2, -0.15) is 0 Å². The lowest BCUT2D eigenvalue weighted by molar-refractivity contribution is -0.330. The zero-order valence-electron chi connectivity index (χ0n) is 30.3. The molecule has 12 aliphatic rings. The number of Topliss-reactive ketones (excluding diaryl/α,β-unsaturated/α-hetero) is 1. The molecule has 0 amide bonds. The van der Waals surface area contributed by atoms with Crippen LogP contribution < -0.4 is 0 Å². The molecule has 13 nitrogen and oxygen atoms in total. The molecule has 13 bridgehead atoms. The highest BCUT2D eigenvalue weighted by Crippen LogP contribution is 2.58. The molecule has 0 aromatic rings. The fourth-order valence-corrected chi connectivity index (χ4v) is 11.8. The molecule has 12 heterocycles. The Morgan fingerprint density at radius 2 is 1.73 bits per heavy atom. The molecule has 2 N–H and O–H groups in total. The van der Waals surface area contributed by atoms with Gasteiger partial charge in [-0.15, -0.1) is 0 Å². The van der Waals surface area contributed by atoms with Crippen LogP contribution in [-0.4, -0.2) is 138 Å². The molecule has 9 saturated heterocycles. The minimum atomic E-state index is -1.26. The number of ketones is 1. The Hall–Kier alpha value is -1.36. The van der Waals surface area contributed by atoms with Crippen LogP contribution >= 0.6 is 0 Å². The van der Waals surface area contributed by atoms with Crippen molar-refractivity contribution in [3.63, 3.8) is 0 Å². The van der Waals surface area contributed by atoms with Crippen LogP contribution in [0.25, 0.3) is 0 Å². The number of aliphatic imine (C=N–C) groups is 1. The monoisotopic (exact) mass is 729 g/mol. The fourth-order valence-electron chi connectivity index (χ4n) is 11.8. The quantitative estimate of drug-likeness (QED) is 0.410. The zero-order valence-corrected chi connectivity index (χ0v) is 30.3. The molecular weight excluding hydrogens is 674 g/mol. The van der Waals surface area contributed by atoms with Gasteiger partial charge < -0.3 is 52.8 Å². The number of carbonyl (C=O) groups excluding carboxylic acids is 1. The van der Waals surface area contributed by atoms with Gasteiger partial charge in [-0.05, 0) is 56.4 Å². The Kier molecular flexibility index (Phi) is 8.85. The van der Waals surface area contributed by atoms with E-state index in [0.717, 1.165) is 43.4 Å². The Bertz CT molecular complexity index is 1460. The summed E-state index contributed by atoms with van der Waals surface area (Å²) in [6, 6.07) is 0. The van der Waals surface area contributed by atoms with Crippen LogP contribution in [0.1, 0.15) is 90.4 Å². The summed E-state index contributed by atoms with van der Waals surface area (Å²) in [5.74, 6) is -1.04. The summed E-state index contributed by atoms with van der Waals surface area (Å²) in [7, 11) is 1.63. The van der Waals surface area contributed by atoms with Gasteiger partial charge in [-0.25, -0.2) is 0 Å². The largest absolute Gasteiger partial charge is 0.394 e. The lowest BCUT2D eigenvalue weighted by Gasteiger charge is -2.54. The van der Waals surface area contributed by atoms with Crippen molar-refractivity contribution in [2.75, 3.05) is 13.7 Å². The maximum atomic E-state index is 14.1. The predicted molar refractivity (Wildman–Crippen MR) is 182 cm³/mol. The first-order chi connectivity index (χ1) is 25.1. The molecular formula is C39H55NO12. The standard InChI is InChI=1S/C39H55NO12/c1-18-10-23-8-9-38-16-30-34(51-38)35-36(48-30)37(52-38)39-31(49-35)7-5-24(50-39)12-20(42)13-25-27(47-29(33(25)44-3)14-21(43)17-41)15-28-32(40-39)19(2)11-22(46-28)4-6-26(18)45-23/h19,21-31,33-37,41,43H,1,4-17H2,2-3H3/t19-,21+,22+,23+,24-,25+,26+,27+,28-,29-,30-,31+,33-,34+,35+,36?,37-,38+,39+/m1/s1. The van der Waals surface area contributed by atoms with Gasteiger partial charge in [0.2, 0.25) is 5.72 Å². The topological polar surface area (TPSA) is 153 Å². The van der Waals surface area contributed by atoms with Crippen molar-refractivity contribution < 1.29 is 57.6 Å².